The lowest BCUT2D eigenvalue weighted by Crippen LogP contribution is -1.89. The Balaban J connectivity index is 2.44. The highest BCUT2D eigenvalue weighted by Crippen LogP contribution is 2.24. The molecular weight excluding hydrogens is 232 g/mol. The third kappa shape index (κ3) is 2.96. The molecule has 0 atom stereocenters. The van der Waals surface area contributed by atoms with E-state index in [2.05, 4.69) is 0 Å². The van der Waals surface area contributed by atoms with Gasteiger partial charge in [0.2, 0.25) is 0 Å². The van der Waals surface area contributed by atoms with Crippen molar-refractivity contribution in [2.24, 2.45) is 0 Å². The first kappa shape index (κ1) is 11.9. The van der Waals surface area contributed by atoms with Gasteiger partial charge in [0.25, 0.3) is 0 Å². The average Bonchev–Trinajstić information content (AvgIpc) is 2.38. The molecule has 0 saturated carbocycles. The molecule has 0 spiro atoms. The summed E-state index contributed by atoms with van der Waals surface area (Å²) in [5.41, 5.74) is 3.16. The second-order valence-electron chi connectivity index (χ2n) is 3.67. The highest BCUT2D eigenvalue weighted by atomic mass is 35.5. The first-order valence-corrected chi connectivity index (χ1v) is 5.81. The fraction of sp³-hybridized carbons (Fsp3) is 0.0667. The van der Waals surface area contributed by atoms with Crippen molar-refractivity contribution in [3.63, 3.8) is 0 Å². The van der Waals surface area contributed by atoms with Gasteiger partial charge in [-0.05, 0) is 28.8 Å². The van der Waals surface area contributed by atoms with E-state index in [1.54, 1.807) is 6.08 Å². The van der Waals surface area contributed by atoms with E-state index in [0.717, 1.165) is 16.7 Å². The van der Waals surface area contributed by atoms with Gasteiger partial charge in [-0.15, -0.1) is 0 Å². The molecule has 0 aromatic heterocycles. The molecule has 2 rings (SSSR count). The van der Waals surface area contributed by atoms with Gasteiger partial charge in [0, 0.05) is 5.02 Å². The number of hydrogen-bond donors (Lipinski definition) is 1. The van der Waals surface area contributed by atoms with Crippen LogP contribution in [0.25, 0.3) is 5.57 Å². The molecule has 2 aromatic carbocycles. The van der Waals surface area contributed by atoms with Gasteiger partial charge in [0.05, 0.1) is 6.61 Å². The molecule has 0 heterocycles. The molecule has 1 nitrogen and oxygen atoms in total. The lowest BCUT2D eigenvalue weighted by atomic mass is 9.98. The van der Waals surface area contributed by atoms with Crippen molar-refractivity contribution in [2.75, 3.05) is 6.61 Å². The minimum atomic E-state index is 0.0207. The van der Waals surface area contributed by atoms with Gasteiger partial charge in [0.1, 0.15) is 0 Å². The van der Waals surface area contributed by atoms with Gasteiger partial charge < -0.3 is 5.11 Å². The van der Waals surface area contributed by atoms with Crippen LogP contribution in [-0.4, -0.2) is 11.7 Å². The molecule has 0 bridgehead atoms. The second kappa shape index (κ2) is 5.67. The van der Waals surface area contributed by atoms with Crippen molar-refractivity contribution >= 4 is 17.2 Å². The maximum Gasteiger partial charge on any atom is 0.0621 e. The van der Waals surface area contributed by atoms with E-state index in [4.69, 9.17) is 16.7 Å². The van der Waals surface area contributed by atoms with Crippen LogP contribution in [0, 0.1) is 0 Å². The van der Waals surface area contributed by atoms with Crippen LogP contribution >= 0.6 is 11.6 Å². The summed E-state index contributed by atoms with van der Waals surface area (Å²) in [4.78, 5) is 0. The molecule has 2 aromatic rings. The van der Waals surface area contributed by atoms with E-state index in [-0.39, 0.29) is 6.61 Å². The minimum absolute atomic E-state index is 0.0207. The molecule has 0 aliphatic carbocycles. The van der Waals surface area contributed by atoms with E-state index < -0.39 is 0 Å². The highest BCUT2D eigenvalue weighted by molar-refractivity contribution is 6.30. The summed E-state index contributed by atoms with van der Waals surface area (Å²) in [5.74, 6) is 0. The summed E-state index contributed by atoms with van der Waals surface area (Å²) in [6, 6.07) is 17.6. The zero-order valence-corrected chi connectivity index (χ0v) is 10.1. The molecule has 0 unspecified atom stereocenters. The highest BCUT2D eigenvalue weighted by Gasteiger charge is 2.03. The third-order valence-corrected chi connectivity index (χ3v) is 2.79. The van der Waals surface area contributed by atoms with Crippen LogP contribution < -0.4 is 0 Å². The number of aliphatic hydroxyl groups is 1. The molecular formula is C15H13ClO. The van der Waals surface area contributed by atoms with E-state index in [1.165, 1.54) is 0 Å². The number of benzene rings is 2. The normalized spacial score (nSPS) is 11.5. The van der Waals surface area contributed by atoms with Crippen molar-refractivity contribution in [3.05, 3.63) is 76.8 Å². The van der Waals surface area contributed by atoms with E-state index >= 15 is 0 Å². The van der Waals surface area contributed by atoms with Gasteiger partial charge in [0.15, 0.2) is 0 Å². The standard InChI is InChI=1S/C15H13ClO/c16-14-8-6-13(7-9-14)15(10-11-17)12-4-2-1-3-5-12/h1-10,17H,11H2/b15-10+. The first-order valence-electron chi connectivity index (χ1n) is 5.43. The van der Waals surface area contributed by atoms with Crippen LogP contribution in [0.4, 0.5) is 0 Å². The second-order valence-corrected chi connectivity index (χ2v) is 4.11. The van der Waals surface area contributed by atoms with Crippen LogP contribution in [0.5, 0.6) is 0 Å². The summed E-state index contributed by atoms with van der Waals surface area (Å²) in [6.07, 6.45) is 1.80. The quantitative estimate of drug-likeness (QED) is 0.872. The molecule has 1 N–H and O–H groups in total. The SMILES string of the molecule is OC/C=C(\c1ccccc1)c1ccc(Cl)cc1. The maximum absolute atomic E-state index is 9.11. The fourth-order valence-electron chi connectivity index (χ4n) is 1.74. The average molecular weight is 245 g/mol. The Kier molecular flexibility index (Phi) is 3.97. The maximum atomic E-state index is 9.11. The zero-order chi connectivity index (χ0) is 12.1. The minimum Gasteiger partial charge on any atom is -0.392 e. The van der Waals surface area contributed by atoms with Crippen LogP contribution in [0.15, 0.2) is 60.7 Å². The Bertz CT molecular complexity index is 500. The van der Waals surface area contributed by atoms with E-state index in [9.17, 15) is 0 Å². The van der Waals surface area contributed by atoms with Gasteiger partial charge in [-0.25, -0.2) is 0 Å². The summed E-state index contributed by atoms with van der Waals surface area (Å²) >= 11 is 5.87. The van der Waals surface area contributed by atoms with Crippen LogP contribution in [-0.2, 0) is 0 Å². The topological polar surface area (TPSA) is 20.2 Å². The van der Waals surface area contributed by atoms with Crippen molar-refractivity contribution in [3.8, 4) is 0 Å². The predicted molar refractivity (Wildman–Crippen MR) is 72.1 cm³/mol. The summed E-state index contributed by atoms with van der Waals surface area (Å²) in [6.45, 7) is 0.0207. The number of halogens is 1. The molecule has 0 amide bonds. The fourth-order valence-corrected chi connectivity index (χ4v) is 1.87. The third-order valence-electron chi connectivity index (χ3n) is 2.54. The zero-order valence-electron chi connectivity index (χ0n) is 9.31. The van der Waals surface area contributed by atoms with Crippen molar-refractivity contribution in [2.45, 2.75) is 0 Å². The van der Waals surface area contributed by atoms with E-state index in [0.29, 0.717) is 5.02 Å². The molecule has 17 heavy (non-hydrogen) atoms. The van der Waals surface area contributed by atoms with Crippen molar-refractivity contribution in [1.82, 2.24) is 0 Å². The number of aliphatic hydroxyl groups excluding tert-OH is 1. The Hall–Kier alpha value is -1.57. The molecule has 0 radical (unpaired) electrons. The van der Waals surface area contributed by atoms with E-state index in [1.807, 2.05) is 54.6 Å². The summed E-state index contributed by atoms with van der Waals surface area (Å²) in [5, 5.41) is 9.82. The van der Waals surface area contributed by atoms with Crippen molar-refractivity contribution in [1.29, 1.82) is 0 Å². The molecule has 0 aliphatic rings. The summed E-state index contributed by atoms with van der Waals surface area (Å²) < 4.78 is 0. The number of hydrogen-bond acceptors (Lipinski definition) is 1. The molecule has 86 valence electrons. The van der Waals surface area contributed by atoms with Gasteiger partial charge >= 0.3 is 0 Å². The first-order chi connectivity index (χ1) is 8.31. The van der Waals surface area contributed by atoms with Crippen LogP contribution in [0.1, 0.15) is 11.1 Å². The molecule has 0 aliphatic heterocycles. The Morgan fingerprint density at radius 2 is 1.53 bits per heavy atom. The van der Waals surface area contributed by atoms with Crippen LogP contribution in [0.2, 0.25) is 5.02 Å². The Morgan fingerprint density at radius 1 is 0.941 bits per heavy atom. The van der Waals surface area contributed by atoms with Gasteiger partial charge in [-0.3, -0.25) is 0 Å². The van der Waals surface area contributed by atoms with Crippen LogP contribution in [0.3, 0.4) is 0 Å². The Morgan fingerprint density at radius 3 is 2.12 bits per heavy atom. The smallest absolute Gasteiger partial charge is 0.0621 e. The molecule has 0 fully saturated rings. The monoisotopic (exact) mass is 244 g/mol. The van der Waals surface area contributed by atoms with Gasteiger partial charge in [-0.1, -0.05) is 60.1 Å². The lowest BCUT2D eigenvalue weighted by molar-refractivity contribution is 0.343. The largest absolute Gasteiger partial charge is 0.392 e. The summed E-state index contributed by atoms with van der Waals surface area (Å²) in [7, 11) is 0. The van der Waals surface area contributed by atoms with Crippen molar-refractivity contribution < 1.29 is 5.11 Å². The number of rotatable bonds is 3. The van der Waals surface area contributed by atoms with Gasteiger partial charge in [-0.2, -0.15) is 0 Å². The predicted octanol–water partition coefficient (Wildman–Crippen LogP) is 3.76. The molecule has 0 saturated heterocycles. The lowest BCUT2D eigenvalue weighted by Gasteiger charge is -2.08. The Labute approximate surface area is 106 Å². The molecule has 2 heteroatoms.